The van der Waals surface area contributed by atoms with E-state index >= 15 is 0 Å². The highest BCUT2D eigenvalue weighted by molar-refractivity contribution is 5.93. The third-order valence-electron chi connectivity index (χ3n) is 5.58. The van der Waals surface area contributed by atoms with Gasteiger partial charge in [0.15, 0.2) is 11.4 Å². The van der Waals surface area contributed by atoms with Gasteiger partial charge in [-0.15, -0.1) is 13.2 Å². The van der Waals surface area contributed by atoms with E-state index in [1.165, 1.54) is 44.3 Å². The zero-order valence-electron chi connectivity index (χ0n) is 20.0. The SMILES string of the molecule is CC(C)(Oc1ccc(CC(=O)Nc2cnc(-c3ccc(OC(F)(F)F)cc3)nc2C2CC2)cc1)C(=O)O. The van der Waals surface area contributed by atoms with Gasteiger partial charge in [-0.1, -0.05) is 12.1 Å². The Bertz CT molecular complexity index is 1290. The molecule has 0 spiro atoms. The number of aliphatic carboxylic acids is 1. The summed E-state index contributed by atoms with van der Waals surface area (Å²) >= 11 is 0. The van der Waals surface area contributed by atoms with Crippen LogP contribution in [0.15, 0.2) is 54.7 Å². The number of nitrogens with zero attached hydrogens (tertiary/aromatic N) is 2. The Labute approximate surface area is 210 Å². The van der Waals surface area contributed by atoms with Crippen LogP contribution < -0.4 is 14.8 Å². The fourth-order valence-corrected chi connectivity index (χ4v) is 3.50. The fourth-order valence-electron chi connectivity index (χ4n) is 3.50. The topological polar surface area (TPSA) is 111 Å². The van der Waals surface area contributed by atoms with Gasteiger partial charge in [0.25, 0.3) is 0 Å². The van der Waals surface area contributed by atoms with Gasteiger partial charge >= 0.3 is 12.3 Å². The number of anilines is 1. The van der Waals surface area contributed by atoms with Crippen molar-refractivity contribution in [2.45, 2.75) is 51.0 Å². The zero-order chi connectivity index (χ0) is 26.8. The molecule has 1 aromatic heterocycles. The summed E-state index contributed by atoms with van der Waals surface area (Å²) in [5.41, 5.74) is 0.987. The average Bonchev–Trinajstić information content (AvgIpc) is 3.65. The third-order valence-corrected chi connectivity index (χ3v) is 5.58. The Morgan fingerprint density at radius 2 is 1.59 bits per heavy atom. The molecule has 0 unspecified atom stereocenters. The first-order valence-corrected chi connectivity index (χ1v) is 11.4. The second-order valence-electron chi connectivity index (χ2n) is 9.13. The van der Waals surface area contributed by atoms with Gasteiger partial charge < -0.3 is 19.9 Å². The van der Waals surface area contributed by atoms with Crippen LogP contribution in [0.4, 0.5) is 18.9 Å². The van der Waals surface area contributed by atoms with Gasteiger partial charge in [0.05, 0.1) is 24.0 Å². The number of halogens is 3. The van der Waals surface area contributed by atoms with Crippen LogP contribution in [0.1, 0.15) is 43.9 Å². The average molecular weight is 515 g/mol. The Morgan fingerprint density at radius 3 is 2.16 bits per heavy atom. The molecule has 8 nitrogen and oxygen atoms in total. The van der Waals surface area contributed by atoms with E-state index in [0.29, 0.717) is 34.1 Å². The molecule has 0 atom stereocenters. The molecular weight excluding hydrogens is 491 g/mol. The first-order valence-electron chi connectivity index (χ1n) is 11.4. The second-order valence-corrected chi connectivity index (χ2v) is 9.13. The summed E-state index contributed by atoms with van der Waals surface area (Å²) in [4.78, 5) is 32.8. The third kappa shape index (κ3) is 6.96. The molecule has 1 aliphatic rings. The summed E-state index contributed by atoms with van der Waals surface area (Å²) < 4.78 is 46.6. The Hall–Kier alpha value is -4.15. The number of carboxylic acid groups (broad SMARTS) is 1. The fraction of sp³-hybridized carbons (Fsp3) is 0.308. The standard InChI is InChI=1S/C26H24F3N3O5/c1-25(2,24(34)35)36-18-9-3-15(4-10-18)13-21(33)31-20-14-30-23(32-22(20)16-5-6-16)17-7-11-19(12-8-17)37-26(27,28)29/h3-4,7-12,14,16H,5-6,13H2,1-2H3,(H,31,33)(H,34,35). The summed E-state index contributed by atoms with van der Waals surface area (Å²) in [7, 11) is 0. The summed E-state index contributed by atoms with van der Waals surface area (Å²) in [6, 6.07) is 11.8. The maximum absolute atomic E-state index is 12.7. The van der Waals surface area contributed by atoms with Crippen molar-refractivity contribution in [3.63, 3.8) is 0 Å². The second kappa shape index (κ2) is 10.1. The van der Waals surface area contributed by atoms with E-state index < -0.39 is 17.9 Å². The van der Waals surface area contributed by atoms with Crippen LogP contribution in [-0.2, 0) is 16.0 Å². The molecule has 11 heteroatoms. The summed E-state index contributed by atoms with van der Waals surface area (Å²) in [5, 5.41) is 12.0. The lowest BCUT2D eigenvalue weighted by Gasteiger charge is -2.21. The van der Waals surface area contributed by atoms with Gasteiger partial charge in [-0.05, 0) is 68.7 Å². The lowest BCUT2D eigenvalue weighted by molar-refractivity contribution is -0.274. The summed E-state index contributed by atoms with van der Waals surface area (Å²) in [6.45, 7) is 2.89. The van der Waals surface area contributed by atoms with Crippen molar-refractivity contribution >= 4 is 17.6 Å². The molecule has 0 saturated heterocycles. The monoisotopic (exact) mass is 515 g/mol. The molecule has 0 aliphatic heterocycles. The highest BCUT2D eigenvalue weighted by atomic mass is 19.4. The van der Waals surface area contributed by atoms with Crippen molar-refractivity contribution in [2.24, 2.45) is 0 Å². The van der Waals surface area contributed by atoms with Crippen molar-refractivity contribution in [3.05, 3.63) is 66.0 Å². The number of hydrogen-bond acceptors (Lipinski definition) is 6. The van der Waals surface area contributed by atoms with Crippen LogP contribution in [0.2, 0.25) is 0 Å². The Kier molecular flexibility index (Phi) is 7.06. The van der Waals surface area contributed by atoms with E-state index in [0.717, 1.165) is 12.8 Å². The number of amides is 1. The van der Waals surface area contributed by atoms with Crippen LogP contribution in [0.25, 0.3) is 11.4 Å². The molecule has 1 fully saturated rings. The lowest BCUT2D eigenvalue weighted by atomic mass is 10.1. The van der Waals surface area contributed by atoms with E-state index in [4.69, 9.17) is 4.74 Å². The number of carbonyl (C=O) groups is 2. The highest BCUT2D eigenvalue weighted by Gasteiger charge is 2.32. The first kappa shape index (κ1) is 25.9. The quantitative estimate of drug-likeness (QED) is 0.396. The van der Waals surface area contributed by atoms with E-state index in [1.807, 2.05) is 0 Å². The molecule has 0 radical (unpaired) electrons. The first-order chi connectivity index (χ1) is 17.4. The van der Waals surface area contributed by atoms with Crippen LogP contribution in [-0.4, -0.2) is 38.9 Å². The predicted molar refractivity (Wildman–Crippen MR) is 127 cm³/mol. The summed E-state index contributed by atoms with van der Waals surface area (Å²) in [5.74, 6) is -0.853. The summed E-state index contributed by atoms with van der Waals surface area (Å²) in [6.07, 6.45) is -1.39. The van der Waals surface area contributed by atoms with Crippen molar-refractivity contribution in [3.8, 4) is 22.9 Å². The number of aromatic nitrogens is 2. The molecule has 1 aliphatic carbocycles. The molecule has 37 heavy (non-hydrogen) atoms. The van der Waals surface area contributed by atoms with Gasteiger partial charge in [0, 0.05) is 11.5 Å². The Morgan fingerprint density at radius 1 is 1.00 bits per heavy atom. The molecule has 2 N–H and O–H groups in total. The minimum Gasteiger partial charge on any atom is -0.478 e. The number of nitrogens with one attached hydrogen (secondary N) is 1. The number of benzene rings is 2. The van der Waals surface area contributed by atoms with Crippen LogP contribution >= 0.6 is 0 Å². The predicted octanol–water partition coefficient (Wildman–Crippen LogP) is 5.34. The Balaban J connectivity index is 1.43. The minimum absolute atomic E-state index is 0.0646. The van der Waals surface area contributed by atoms with Crippen LogP contribution in [0, 0.1) is 0 Å². The van der Waals surface area contributed by atoms with E-state index in [-0.39, 0.29) is 24.0 Å². The zero-order valence-corrected chi connectivity index (χ0v) is 20.0. The largest absolute Gasteiger partial charge is 0.573 e. The van der Waals surface area contributed by atoms with Crippen LogP contribution in [0.5, 0.6) is 11.5 Å². The van der Waals surface area contributed by atoms with Crippen molar-refractivity contribution in [2.75, 3.05) is 5.32 Å². The molecule has 3 aromatic rings. The van der Waals surface area contributed by atoms with Gasteiger partial charge in [0.1, 0.15) is 11.5 Å². The van der Waals surface area contributed by atoms with Gasteiger partial charge in [-0.3, -0.25) is 4.79 Å². The molecular formula is C26H24F3N3O5. The number of ether oxygens (including phenoxy) is 2. The number of carbonyl (C=O) groups excluding carboxylic acids is 1. The minimum atomic E-state index is -4.77. The molecule has 1 amide bonds. The number of hydrogen-bond donors (Lipinski definition) is 2. The van der Waals surface area contributed by atoms with Crippen molar-refractivity contribution < 1.29 is 37.3 Å². The molecule has 0 bridgehead atoms. The van der Waals surface area contributed by atoms with Crippen molar-refractivity contribution in [1.29, 1.82) is 0 Å². The van der Waals surface area contributed by atoms with E-state index in [2.05, 4.69) is 20.0 Å². The van der Waals surface area contributed by atoms with Crippen LogP contribution in [0.3, 0.4) is 0 Å². The molecule has 4 rings (SSSR count). The maximum Gasteiger partial charge on any atom is 0.573 e. The highest BCUT2D eigenvalue weighted by Crippen LogP contribution is 2.42. The molecule has 194 valence electrons. The lowest BCUT2D eigenvalue weighted by Crippen LogP contribution is -2.37. The number of rotatable bonds is 9. The van der Waals surface area contributed by atoms with Gasteiger partial charge in [0.2, 0.25) is 5.91 Å². The smallest absolute Gasteiger partial charge is 0.478 e. The van der Waals surface area contributed by atoms with E-state index in [1.54, 1.807) is 24.3 Å². The molecule has 1 heterocycles. The van der Waals surface area contributed by atoms with Gasteiger partial charge in [-0.2, -0.15) is 0 Å². The molecule has 1 saturated carbocycles. The normalized spacial score (nSPS) is 13.6. The van der Waals surface area contributed by atoms with Gasteiger partial charge in [-0.25, -0.2) is 14.8 Å². The number of carboxylic acids is 1. The molecule has 2 aromatic carbocycles. The van der Waals surface area contributed by atoms with Crippen molar-refractivity contribution in [1.82, 2.24) is 9.97 Å². The van der Waals surface area contributed by atoms with E-state index in [9.17, 15) is 27.9 Å². The number of alkyl halides is 3. The maximum atomic E-state index is 12.7.